The lowest BCUT2D eigenvalue weighted by molar-refractivity contribution is -0.124. The lowest BCUT2D eigenvalue weighted by atomic mass is 10.2. The number of likely N-dealkylation sites (N-methyl/N-ethyl adjacent to an activating group) is 1. The largest absolute Gasteiger partial charge is 0.335 e. The van der Waals surface area contributed by atoms with Crippen molar-refractivity contribution >= 4 is 23.3 Å². The van der Waals surface area contributed by atoms with E-state index in [4.69, 9.17) is 0 Å². The second kappa shape index (κ2) is 8.83. The summed E-state index contributed by atoms with van der Waals surface area (Å²) >= 11 is 0. The fraction of sp³-hybridized carbons (Fsp3) is 0.217. The van der Waals surface area contributed by atoms with Gasteiger partial charge in [-0.15, -0.1) is 0 Å². The first kappa shape index (κ1) is 20.3. The number of hydrogen-bond donors (Lipinski definition) is 1. The van der Waals surface area contributed by atoms with Crippen LogP contribution in [0, 0.1) is 0 Å². The highest BCUT2D eigenvalue weighted by Gasteiger charge is 2.31. The normalized spacial score (nSPS) is 15.9. The van der Waals surface area contributed by atoms with Crippen LogP contribution in [0.2, 0.25) is 0 Å². The van der Waals surface area contributed by atoms with Gasteiger partial charge in [0.05, 0.1) is 18.4 Å². The number of amidine groups is 1. The van der Waals surface area contributed by atoms with Crippen LogP contribution in [0.4, 0.5) is 5.69 Å². The highest BCUT2D eigenvalue weighted by atomic mass is 16.2. The van der Waals surface area contributed by atoms with Crippen molar-refractivity contribution in [3.05, 3.63) is 84.2 Å². The Labute approximate surface area is 180 Å². The average molecular weight is 416 g/mol. The summed E-state index contributed by atoms with van der Waals surface area (Å²) in [6, 6.07) is 18.6. The molecule has 158 valence electrons. The van der Waals surface area contributed by atoms with Crippen molar-refractivity contribution in [3.63, 3.8) is 0 Å². The molecule has 2 heterocycles. The van der Waals surface area contributed by atoms with Crippen molar-refractivity contribution in [3.8, 4) is 0 Å². The van der Waals surface area contributed by atoms with Gasteiger partial charge in [-0.05, 0) is 24.6 Å². The minimum atomic E-state index is -0.651. The zero-order valence-electron chi connectivity index (χ0n) is 17.5. The number of hydrazine groups is 1. The molecule has 0 bridgehead atoms. The molecular formula is C23H24N6O2. The van der Waals surface area contributed by atoms with Gasteiger partial charge in [-0.2, -0.15) is 5.10 Å². The van der Waals surface area contributed by atoms with Crippen LogP contribution >= 0.6 is 0 Å². The summed E-state index contributed by atoms with van der Waals surface area (Å²) in [6.45, 7) is 2.72. The molecule has 2 amide bonds. The third-order valence-electron chi connectivity index (χ3n) is 4.98. The maximum Gasteiger partial charge on any atom is 0.290 e. The highest BCUT2D eigenvalue weighted by molar-refractivity contribution is 6.39. The number of carbonyl (C=O) groups excluding carboxylic acids is 2. The van der Waals surface area contributed by atoms with E-state index in [1.54, 1.807) is 37.2 Å². The molecular weight excluding hydrogens is 392 g/mol. The van der Waals surface area contributed by atoms with Crippen LogP contribution in [0.25, 0.3) is 0 Å². The van der Waals surface area contributed by atoms with Gasteiger partial charge in [0.15, 0.2) is 0 Å². The molecule has 0 aliphatic carbocycles. The lowest BCUT2D eigenvalue weighted by Crippen LogP contribution is -2.58. The van der Waals surface area contributed by atoms with Crippen molar-refractivity contribution in [2.75, 3.05) is 12.1 Å². The van der Waals surface area contributed by atoms with Crippen molar-refractivity contribution in [1.82, 2.24) is 20.1 Å². The van der Waals surface area contributed by atoms with Gasteiger partial charge in [-0.25, -0.2) is 10.0 Å². The zero-order valence-corrected chi connectivity index (χ0v) is 17.5. The summed E-state index contributed by atoms with van der Waals surface area (Å²) in [5.74, 6) is -0.376. The van der Waals surface area contributed by atoms with Gasteiger partial charge < -0.3 is 4.90 Å². The number of para-hydroxylation sites is 1. The molecule has 8 nitrogen and oxygen atoms in total. The van der Waals surface area contributed by atoms with Gasteiger partial charge in [0, 0.05) is 25.4 Å². The minimum Gasteiger partial charge on any atom is -0.335 e. The predicted molar refractivity (Wildman–Crippen MR) is 118 cm³/mol. The molecule has 3 aromatic rings. The van der Waals surface area contributed by atoms with E-state index in [1.807, 2.05) is 59.4 Å². The van der Waals surface area contributed by atoms with E-state index >= 15 is 0 Å². The Bertz CT molecular complexity index is 1090. The topological polar surface area (TPSA) is 82.8 Å². The number of nitrogens with zero attached hydrogens (tertiary/aromatic N) is 5. The molecule has 0 unspecified atom stereocenters. The minimum absolute atomic E-state index is 0.134. The number of aromatic nitrogens is 2. The van der Waals surface area contributed by atoms with Crippen molar-refractivity contribution in [1.29, 1.82) is 0 Å². The molecule has 0 fully saturated rings. The first-order chi connectivity index (χ1) is 15.0. The van der Waals surface area contributed by atoms with E-state index in [2.05, 4.69) is 15.5 Å². The zero-order chi connectivity index (χ0) is 21.8. The van der Waals surface area contributed by atoms with E-state index in [9.17, 15) is 9.59 Å². The fourth-order valence-electron chi connectivity index (χ4n) is 3.37. The molecule has 1 aliphatic rings. The summed E-state index contributed by atoms with van der Waals surface area (Å²) in [7, 11) is 1.70. The van der Waals surface area contributed by atoms with E-state index in [0.29, 0.717) is 18.8 Å². The molecule has 1 aliphatic heterocycles. The van der Waals surface area contributed by atoms with Crippen LogP contribution in [0.5, 0.6) is 0 Å². The van der Waals surface area contributed by atoms with Gasteiger partial charge in [0.1, 0.15) is 6.04 Å². The Morgan fingerprint density at radius 1 is 1.06 bits per heavy atom. The molecule has 0 spiro atoms. The van der Waals surface area contributed by atoms with Crippen LogP contribution in [-0.4, -0.2) is 45.4 Å². The van der Waals surface area contributed by atoms with Crippen LogP contribution < -0.4 is 10.4 Å². The first-order valence-electron chi connectivity index (χ1n) is 10.1. The van der Waals surface area contributed by atoms with E-state index < -0.39 is 6.04 Å². The number of rotatable bonds is 6. The van der Waals surface area contributed by atoms with Crippen molar-refractivity contribution in [2.45, 2.75) is 26.1 Å². The van der Waals surface area contributed by atoms with E-state index in [0.717, 1.165) is 11.1 Å². The first-order valence-corrected chi connectivity index (χ1v) is 10.1. The monoisotopic (exact) mass is 416 g/mol. The number of amides is 2. The lowest BCUT2D eigenvalue weighted by Gasteiger charge is -2.31. The number of anilines is 1. The maximum atomic E-state index is 13.0. The molecule has 31 heavy (non-hydrogen) atoms. The fourth-order valence-corrected chi connectivity index (χ4v) is 3.37. The summed E-state index contributed by atoms with van der Waals surface area (Å²) < 4.78 is 1.84. The summed E-state index contributed by atoms with van der Waals surface area (Å²) in [5, 5.41) is 5.76. The number of benzene rings is 2. The summed E-state index contributed by atoms with van der Waals surface area (Å²) in [5.41, 5.74) is 5.60. The third-order valence-corrected chi connectivity index (χ3v) is 4.98. The van der Waals surface area contributed by atoms with Crippen LogP contribution in [-0.2, 0) is 22.7 Å². The summed E-state index contributed by atoms with van der Waals surface area (Å²) in [6.07, 6.45) is 3.68. The Hall–Kier alpha value is -3.94. The Balaban J connectivity index is 1.43. The van der Waals surface area contributed by atoms with Crippen molar-refractivity contribution < 1.29 is 9.59 Å². The number of carbonyl (C=O) groups is 2. The van der Waals surface area contributed by atoms with E-state index in [-0.39, 0.29) is 17.6 Å². The van der Waals surface area contributed by atoms with Crippen LogP contribution in [0.1, 0.15) is 18.1 Å². The SMILES string of the molecule is C[C@@H]1N=C(C(=O)N(C)Cc2cnn(Cc3ccccc3)c2)NN(c2ccccc2)C1=O. The quantitative estimate of drug-likeness (QED) is 0.668. The molecule has 0 radical (unpaired) electrons. The molecule has 1 atom stereocenters. The molecule has 1 N–H and O–H groups in total. The number of hydrogen-bond acceptors (Lipinski definition) is 5. The smallest absolute Gasteiger partial charge is 0.290 e. The molecule has 8 heteroatoms. The van der Waals surface area contributed by atoms with E-state index in [1.165, 1.54) is 5.01 Å². The standard InChI is InChI=1S/C23H24N6O2/c1-17-22(30)29(20-11-7-4-8-12-20)26-21(25-17)23(31)27(2)14-19-13-24-28(16-19)15-18-9-5-3-6-10-18/h3-13,16-17H,14-15H2,1-2H3,(H,25,26)/t17-/m0/s1. The maximum absolute atomic E-state index is 13.0. The number of nitrogens with one attached hydrogen (secondary N) is 1. The predicted octanol–water partition coefficient (Wildman–Crippen LogP) is 2.23. The van der Waals surface area contributed by atoms with Gasteiger partial charge in [0.2, 0.25) is 5.84 Å². The Kier molecular flexibility index (Phi) is 5.79. The van der Waals surface area contributed by atoms with Gasteiger partial charge >= 0.3 is 0 Å². The molecule has 0 saturated carbocycles. The Morgan fingerprint density at radius 2 is 1.74 bits per heavy atom. The second-order valence-corrected chi connectivity index (χ2v) is 7.47. The molecule has 2 aromatic carbocycles. The van der Waals surface area contributed by atoms with Crippen LogP contribution in [0.3, 0.4) is 0 Å². The Morgan fingerprint density at radius 3 is 2.45 bits per heavy atom. The van der Waals surface area contributed by atoms with Gasteiger partial charge in [-0.3, -0.25) is 19.7 Å². The molecule has 0 saturated heterocycles. The molecule has 1 aromatic heterocycles. The van der Waals surface area contributed by atoms with Crippen LogP contribution in [0.15, 0.2) is 78.0 Å². The number of aliphatic imine (C=N–C) groups is 1. The highest BCUT2D eigenvalue weighted by Crippen LogP contribution is 2.16. The van der Waals surface area contributed by atoms with Gasteiger partial charge in [0.25, 0.3) is 11.8 Å². The third kappa shape index (κ3) is 4.63. The second-order valence-electron chi connectivity index (χ2n) is 7.47. The van der Waals surface area contributed by atoms with Gasteiger partial charge in [-0.1, -0.05) is 48.5 Å². The average Bonchev–Trinajstić information content (AvgIpc) is 3.22. The summed E-state index contributed by atoms with van der Waals surface area (Å²) in [4.78, 5) is 31.3. The van der Waals surface area contributed by atoms with Crippen molar-refractivity contribution in [2.24, 2.45) is 4.99 Å². The molecule has 4 rings (SSSR count).